The molecule has 1 aliphatic carbocycles. The molecule has 0 aromatic rings. The smallest absolute Gasteiger partial charge is 0.320 e. The predicted octanol–water partition coefficient (Wildman–Crippen LogP) is -0.0375. The maximum absolute atomic E-state index is 10.7. The average Bonchev–Trinajstić information content (AvgIpc) is 2.49. The molecule has 0 spiro atoms. The summed E-state index contributed by atoms with van der Waals surface area (Å²) < 4.78 is 0. The number of hydrogen-bond acceptors (Lipinski definition) is 3. The molecule has 1 saturated heterocycles. The van der Waals surface area contributed by atoms with E-state index in [2.05, 4.69) is 5.32 Å². The maximum atomic E-state index is 10.7. The normalized spacial score (nSPS) is 44.4. The summed E-state index contributed by atoms with van der Waals surface area (Å²) in [6.07, 6.45) is 3.12. The van der Waals surface area contributed by atoms with Gasteiger partial charge in [0.2, 0.25) is 0 Å². The molecule has 0 amide bonds. The summed E-state index contributed by atoms with van der Waals surface area (Å²) in [6, 6.07) is -0.215. The predicted molar refractivity (Wildman–Crippen MR) is 46.3 cm³/mol. The molecule has 1 heterocycles. The van der Waals surface area contributed by atoms with Gasteiger partial charge in [-0.15, -0.1) is 0 Å². The molecule has 1 aliphatic heterocycles. The van der Waals surface area contributed by atoms with Crippen molar-refractivity contribution in [2.24, 2.45) is 5.92 Å². The van der Waals surface area contributed by atoms with Crippen molar-refractivity contribution in [1.29, 1.82) is 0 Å². The third-order valence-electron chi connectivity index (χ3n) is 3.25. The number of aliphatic carboxylic acids is 1. The minimum atomic E-state index is -0.790. The number of hydrogen-bond donors (Lipinski definition) is 3. The van der Waals surface area contributed by atoms with Crippen LogP contribution in [0.1, 0.15) is 25.7 Å². The molecule has 2 fully saturated rings. The van der Waals surface area contributed by atoms with Gasteiger partial charge in [-0.2, -0.15) is 0 Å². The van der Waals surface area contributed by atoms with Crippen LogP contribution in [-0.2, 0) is 4.79 Å². The Morgan fingerprint density at radius 1 is 1.38 bits per heavy atom. The van der Waals surface area contributed by atoms with E-state index >= 15 is 0 Å². The van der Waals surface area contributed by atoms with E-state index in [4.69, 9.17) is 5.11 Å². The van der Waals surface area contributed by atoms with Crippen LogP contribution >= 0.6 is 0 Å². The highest BCUT2D eigenvalue weighted by Gasteiger charge is 2.42. The second kappa shape index (κ2) is 3.27. The van der Waals surface area contributed by atoms with Crippen molar-refractivity contribution in [2.45, 2.75) is 43.9 Å². The quantitative estimate of drug-likeness (QED) is 0.536. The lowest BCUT2D eigenvalue weighted by Gasteiger charge is -2.29. The Morgan fingerprint density at radius 3 is 2.77 bits per heavy atom. The minimum absolute atomic E-state index is 0.162. The molecular weight excluding hydrogens is 170 g/mol. The van der Waals surface area contributed by atoms with Crippen molar-refractivity contribution >= 4 is 5.97 Å². The lowest BCUT2D eigenvalue weighted by atomic mass is 9.82. The molecule has 1 saturated carbocycles. The van der Waals surface area contributed by atoms with Crippen LogP contribution in [0.25, 0.3) is 0 Å². The van der Waals surface area contributed by atoms with E-state index in [1.54, 1.807) is 0 Å². The van der Waals surface area contributed by atoms with Crippen LogP contribution in [0.5, 0.6) is 0 Å². The lowest BCUT2D eigenvalue weighted by Crippen LogP contribution is -2.40. The Balaban J connectivity index is 2.04. The van der Waals surface area contributed by atoms with E-state index in [-0.39, 0.29) is 18.1 Å². The molecule has 2 rings (SSSR count). The summed E-state index contributed by atoms with van der Waals surface area (Å²) in [5.74, 6) is -0.628. The fourth-order valence-electron chi connectivity index (χ4n) is 2.54. The number of aliphatic hydroxyl groups is 1. The first-order chi connectivity index (χ1) is 6.18. The highest BCUT2D eigenvalue weighted by Crippen LogP contribution is 2.33. The Labute approximate surface area is 76.9 Å². The van der Waals surface area contributed by atoms with E-state index in [0.29, 0.717) is 6.42 Å². The molecule has 4 unspecified atom stereocenters. The molecule has 3 N–H and O–H groups in total. The molecule has 2 aliphatic rings. The zero-order valence-electron chi connectivity index (χ0n) is 7.44. The molecule has 0 aromatic heterocycles. The van der Waals surface area contributed by atoms with E-state index < -0.39 is 12.0 Å². The molecule has 0 radical (unpaired) electrons. The molecule has 4 nitrogen and oxygen atoms in total. The van der Waals surface area contributed by atoms with Crippen LogP contribution < -0.4 is 5.32 Å². The topological polar surface area (TPSA) is 69.6 Å². The molecule has 0 bridgehead atoms. The Morgan fingerprint density at radius 2 is 2.15 bits per heavy atom. The number of carboxylic acids is 1. The lowest BCUT2D eigenvalue weighted by molar-refractivity contribution is -0.139. The van der Waals surface area contributed by atoms with Crippen molar-refractivity contribution < 1.29 is 15.0 Å². The van der Waals surface area contributed by atoms with E-state index in [9.17, 15) is 9.90 Å². The average molecular weight is 185 g/mol. The summed E-state index contributed by atoms with van der Waals surface area (Å²) >= 11 is 0. The Kier molecular flexibility index (Phi) is 2.26. The number of fused-ring (bicyclic) bond motifs is 1. The highest BCUT2D eigenvalue weighted by atomic mass is 16.4. The van der Waals surface area contributed by atoms with Crippen LogP contribution in [0.3, 0.4) is 0 Å². The third kappa shape index (κ3) is 1.56. The number of carbonyl (C=O) groups is 1. The van der Waals surface area contributed by atoms with Crippen LogP contribution in [0.2, 0.25) is 0 Å². The zero-order valence-corrected chi connectivity index (χ0v) is 7.44. The molecule has 0 aromatic carbocycles. The Hall–Kier alpha value is -0.610. The largest absolute Gasteiger partial charge is 0.480 e. The number of nitrogens with one attached hydrogen (secondary N) is 1. The van der Waals surface area contributed by atoms with Gasteiger partial charge >= 0.3 is 5.97 Å². The fraction of sp³-hybridized carbons (Fsp3) is 0.889. The van der Waals surface area contributed by atoms with Crippen molar-refractivity contribution in [2.75, 3.05) is 0 Å². The fourth-order valence-corrected chi connectivity index (χ4v) is 2.54. The van der Waals surface area contributed by atoms with Crippen molar-refractivity contribution in [1.82, 2.24) is 5.32 Å². The van der Waals surface area contributed by atoms with E-state index in [0.717, 1.165) is 19.3 Å². The van der Waals surface area contributed by atoms with Gasteiger partial charge in [0.15, 0.2) is 0 Å². The molecule has 4 atom stereocenters. The molecular formula is C9H15NO3. The highest BCUT2D eigenvalue weighted by molar-refractivity contribution is 5.74. The van der Waals surface area contributed by atoms with Crippen LogP contribution in [-0.4, -0.2) is 34.4 Å². The second-order valence-corrected chi connectivity index (χ2v) is 4.06. The van der Waals surface area contributed by atoms with Gasteiger partial charge in [-0.05, 0) is 25.7 Å². The van der Waals surface area contributed by atoms with E-state index in [1.807, 2.05) is 0 Å². The van der Waals surface area contributed by atoms with Gasteiger partial charge < -0.3 is 15.5 Å². The number of aliphatic hydroxyl groups excluding tert-OH is 1. The van der Waals surface area contributed by atoms with Gasteiger partial charge in [0.25, 0.3) is 0 Å². The first-order valence-corrected chi connectivity index (χ1v) is 4.85. The first kappa shape index (κ1) is 8.97. The van der Waals surface area contributed by atoms with Crippen molar-refractivity contribution in [3.05, 3.63) is 0 Å². The number of carboxylic acid groups (broad SMARTS) is 1. The standard InChI is InChI=1S/C9H15NO3/c11-8-3-1-2-6-5(8)4-7(10-6)9(12)13/h5-8,10-11H,1-4H2,(H,12,13). The van der Waals surface area contributed by atoms with E-state index in [1.165, 1.54) is 0 Å². The number of rotatable bonds is 1. The summed E-state index contributed by atoms with van der Waals surface area (Å²) in [5.41, 5.74) is 0. The van der Waals surface area contributed by atoms with Crippen LogP contribution in [0, 0.1) is 5.92 Å². The summed E-state index contributed by atoms with van der Waals surface area (Å²) in [4.78, 5) is 10.7. The minimum Gasteiger partial charge on any atom is -0.480 e. The van der Waals surface area contributed by atoms with Gasteiger partial charge in [-0.25, -0.2) is 0 Å². The van der Waals surface area contributed by atoms with Crippen molar-refractivity contribution in [3.63, 3.8) is 0 Å². The van der Waals surface area contributed by atoms with Gasteiger partial charge in [0.1, 0.15) is 6.04 Å². The van der Waals surface area contributed by atoms with Gasteiger partial charge in [-0.1, -0.05) is 0 Å². The summed E-state index contributed by atoms with van der Waals surface area (Å²) in [7, 11) is 0. The summed E-state index contributed by atoms with van der Waals surface area (Å²) in [6.45, 7) is 0. The first-order valence-electron chi connectivity index (χ1n) is 4.85. The molecule has 13 heavy (non-hydrogen) atoms. The van der Waals surface area contributed by atoms with Crippen molar-refractivity contribution in [3.8, 4) is 0 Å². The molecule has 74 valence electrons. The monoisotopic (exact) mass is 185 g/mol. The SMILES string of the molecule is O=C(O)C1CC2C(O)CCCC2N1. The summed E-state index contributed by atoms with van der Waals surface area (Å²) in [5, 5.41) is 21.5. The third-order valence-corrected chi connectivity index (χ3v) is 3.25. The van der Waals surface area contributed by atoms with Gasteiger partial charge in [-0.3, -0.25) is 4.79 Å². The van der Waals surface area contributed by atoms with Crippen LogP contribution in [0.15, 0.2) is 0 Å². The molecule has 4 heteroatoms. The van der Waals surface area contributed by atoms with Gasteiger partial charge in [0.05, 0.1) is 6.10 Å². The maximum Gasteiger partial charge on any atom is 0.320 e. The van der Waals surface area contributed by atoms with Crippen LogP contribution in [0.4, 0.5) is 0 Å². The van der Waals surface area contributed by atoms with Gasteiger partial charge in [0, 0.05) is 12.0 Å². The second-order valence-electron chi connectivity index (χ2n) is 4.06. The zero-order chi connectivity index (χ0) is 9.42. The Bertz CT molecular complexity index is 219.